The highest BCUT2D eigenvalue weighted by Gasteiger charge is 2.18. The molecule has 2 rings (SSSR count). The van der Waals surface area contributed by atoms with Crippen LogP contribution in [0.5, 0.6) is 0 Å². The number of benzene rings is 1. The number of aryl methyl sites for hydroxylation is 1. The van der Waals surface area contributed by atoms with Crippen LogP contribution in [-0.2, 0) is 11.2 Å². The number of hydrogen-bond donors (Lipinski definition) is 2. The van der Waals surface area contributed by atoms with E-state index in [-0.39, 0.29) is 6.04 Å². The first-order valence-electron chi connectivity index (χ1n) is 6.69. The van der Waals surface area contributed by atoms with Gasteiger partial charge in [0.05, 0.1) is 5.69 Å². The number of carbonyl (C=O) groups is 2. The van der Waals surface area contributed by atoms with E-state index in [4.69, 9.17) is 0 Å². The lowest BCUT2D eigenvalue weighted by atomic mass is 10.1. The number of H-pyrrole nitrogens is 1. The second kappa shape index (κ2) is 6.70. The van der Waals surface area contributed by atoms with E-state index in [1.165, 1.54) is 5.56 Å². The van der Waals surface area contributed by atoms with Gasteiger partial charge in [-0.15, -0.1) is 0 Å². The van der Waals surface area contributed by atoms with Crippen LogP contribution in [-0.4, -0.2) is 22.7 Å². The first-order valence-corrected chi connectivity index (χ1v) is 6.69. The number of amides is 1. The van der Waals surface area contributed by atoms with Crippen molar-refractivity contribution in [2.75, 3.05) is 0 Å². The quantitative estimate of drug-likeness (QED) is 0.625. The van der Waals surface area contributed by atoms with E-state index in [1.54, 1.807) is 18.3 Å². The number of nitrogens with one attached hydrogen (secondary N) is 2. The molecule has 1 unspecified atom stereocenters. The highest BCUT2D eigenvalue weighted by molar-refractivity contribution is 6.42. The zero-order chi connectivity index (χ0) is 14.4. The summed E-state index contributed by atoms with van der Waals surface area (Å²) in [6.45, 7) is 1.91. The molecule has 0 fully saturated rings. The predicted octanol–water partition coefficient (Wildman–Crippen LogP) is 2.33. The Hall–Kier alpha value is -2.36. The van der Waals surface area contributed by atoms with Crippen LogP contribution in [0.1, 0.15) is 29.4 Å². The van der Waals surface area contributed by atoms with Gasteiger partial charge in [0.1, 0.15) is 0 Å². The maximum atomic E-state index is 11.8. The smallest absolute Gasteiger partial charge is 0.294 e. The lowest BCUT2D eigenvalue weighted by Gasteiger charge is -2.13. The average Bonchev–Trinajstić information content (AvgIpc) is 2.99. The largest absolute Gasteiger partial charge is 0.358 e. The molecular weight excluding hydrogens is 252 g/mol. The maximum absolute atomic E-state index is 11.8. The van der Waals surface area contributed by atoms with Gasteiger partial charge in [-0.2, -0.15) is 0 Å². The Bertz CT molecular complexity index is 561. The van der Waals surface area contributed by atoms with Crippen molar-refractivity contribution in [1.29, 1.82) is 0 Å². The molecule has 0 aliphatic carbocycles. The van der Waals surface area contributed by atoms with Gasteiger partial charge >= 0.3 is 0 Å². The van der Waals surface area contributed by atoms with Gasteiger partial charge in [-0.1, -0.05) is 30.3 Å². The van der Waals surface area contributed by atoms with E-state index in [2.05, 4.69) is 22.4 Å². The van der Waals surface area contributed by atoms with E-state index in [1.807, 2.05) is 25.1 Å². The minimum absolute atomic E-state index is 0.0402. The summed E-state index contributed by atoms with van der Waals surface area (Å²) in [5, 5.41) is 2.73. The van der Waals surface area contributed by atoms with Crippen molar-refractivity contribution in [3.05, 3.63) is 59.9 Å². The lowest BCUT2D eigenvalue weighted by Crippen LogP contribution is -2.38. The molecular formula is C16H18N2O2. The average molecular weight is 270 g/mol. The summed E-state index contributed by atoms with van der Waals surface area (Å²) in [7, 11) is 0. The van der Waals surface area contributed by atoms with Gasteiger partial charge in [-0.05, 0) is 37.5 Å². The highest BCUT2D eigenvalue weighted by Crippen LogP contribution is 2.05. The van der Waals surface area contributed by atoms with Gasteiger partial charge in [0.15, 0.2) is 0 Å². The van der Waals surface area contributed by atoms with Gasteiger partial charge in [0.25, 0.3) is 11.7 Å². The van der Waals surface area contributed by atoms with Crippen LogP contribution in [0.2, 0.25) is 0 Å². The number of carbonyl (C=O) groups excluding carboxylic acids is 2. The Morgan fingerprint density at radius 2 is 1.90 bits per heavy atom. The molecule has 4 nitrogen and oxygen atoms in total. The van der Waals surface area contributed by atoms with Gasteiger partial charge in [-0.25, -0.2) is 0 Å². The molecule has 20 heavy (non-hydrogen) atoms. The van der Waals surface area contributed by atoms with Crippen molar-refractivity contribution in [1.82, 2.24) is 10.3 Å². The van der Waals surface area contributed by atoms with Gasteiger partial charge in [0.2, 0.25) is 0 Å². The van der Waals surface area contributed by atoms with E-state index in [9.17, 15) is 9.59 Å². The molecule has 0 saturated heterocycles. The summed E-state index contributed by atoms with van der Waals surface area (Å²) >= 11 is 0. The van der Waals surface area contributed by atoms with E-state index >= 15 is 0 Å². The fourth-order valence-corrected chi connectivity index (χ4v) is 1.98. The molecule has 1 amide bonds. The zero-order valence-electron chi connectivity index (χ0n) is 11.4. The second-order valence-corrected chi connectivity index (χ2v) is 4.81. The Balaban J connectivity index is 1.81. The molecule has 1 atom stereocenters. The van der Waals surface area contributed by atoms with Crippen LogP contribution in [0.15, 0.2) is 48.7 Å². The molecule has 0 aliphatic rings. The molecule has 0 radical (unpaired) electrons. The number of rotatable bonds is 6. The molecule has 1 heterocycles. The number of ketones is 1. The third-order valence-corrected chi connectivity index (χ3v) is 3.14. The molecule has 2 N–H and O–H groups in total. The van der Waals surface area contributed by atoms with Crippen LogP contribution in [0.4, 0.5) is 0 Å². The Labute approximate surface area is 118 Å². The summed E-state index contributed by atoms with van der Waals surface area (Å²) in [4.78, 5) is 26.3. The van der Waals surface area contributed by atoms with Gasteiger partial charge in [-0.3, -0.25) is 9.59 Å². The second-order valence-electron chi connectivity index (χ2n) is 4.81. The third-order valence-electron chi connectivity index (χ3n) is 3.14. The zero-order valence-corrected chi connectivity index (χ0v) is 11.4. The topological polar surface area (TPSA) is 62.0 Å². The SMILES string of the molecule is CC(CCc1ccccc1)NC(=O)C(=O)c1ccc[nH]1. The molecule has 1 aromatic heterocycles. The number of aromatic nitrogens is 1. The van der Waals surface area contributed by atoms with E-state index in [0.717, 1.165) is 12.8 Å². The molecule has 0 aliphatic heterocycles. The normalized spacial score (nSPS) is 11.8. The number of aromatic amines is 1. The Morgan fingerprint density at radius 1 is 1.15 bits per heavy atom. The molecule has 2 aromatic rings. The van der Waals surface area contributed by atoms with Crippen molar-refractivity contribution in [2.45, 2.75) is 25.8 Å². The summed E-state index contributed by atoms with van der Waals surface area (Å²) in [6.07, 6.45) is 3.30. The van der Waals surface area contributed by atoms with Crippen LogP contribution < -0.4 is 5.32 Å². The lowest BCUT2D eigenvalue weighted by molar-refractivity contribution is -0.117. The Kier molecular flexibility index (Phi) is 4.71. The first kappa shape index (κ1) is 14.1. The first-order chi connectivity index (χ1) is 9.66. The number of hydrogen-bond acceptors (Lipinski definition) is 2. The van der Waals surface area contributed by atoms with Gasteiger partial charge in [0, 0.05) is 12.2 Å². The molecule has 0 spiro atoms. The van der Waals surface area contributed by atoms with Crippen LogP contribution in [0.3, 0.4) is 0 Å². The van der Waals surface area contributed by atoms with E-state index < -0.39 is 11.7 Å². The Morgan fingerprint density at radius 3 is 2.55 bits per heavy atom. The monoisotopic (exact) mass is 270 g/mol. The molecule has 1 aromatic carbocycles. The van der Waals surface area contributed by atoms with Crippen LogP contribution in [0.25, 0.3) is 0 Å². The third kappa shape index (κ3) is 3.82. The summed E-state index contributed by atoms with van der Waals surface area (Å²) in [6, 6.07) is 13.3. The van der Waals surface area contributed by atoms with Crippen molar-refractivity contribution in [3.8, 4) is 0 Å². The highest BCUT2D eigenvalue weighted by atomic mass is 16.2. The van der Waals surface area contributed by atoms with Crippen molar-refractivity contribution in [3.63, 3.8) is 0 Å². The van der Waals surface area contributed by atoms with Crippen LogP contribution in [0, 0.1) is 0 Å². The molecule has 104 valence electrons. The fourth-order valence-electron chi connectivity index (χ4n) is 1.98. The van der Waals surface area contributed by atoms with E-state index in [0.29, 0.717) is 5.69 Å². The minimum Gasteiger partial charge on any atom is -0.358 e. The predicted molar refractivity (Wildman–Crippen MR) is 77.5 cm³/mol. The summed E-state index contributed by atoms with van der Waals surface area (Å²) in [5.41, 5.74) is 1.54. The summed E-state index contributed by atoms with van der Waals surface area (Å²) < 4.78 is 0. The number of Topliss-reactive ketones (excluding diaryl/α,β-unsaturated/α-hetero) is 1. The van der Waals surface area contributed by atoms with Crippen molar-refractivity contribution < 1.29 is 9.59 Å². The maximum Gasteiger partial charge on any atom is 0.294 e. The molecule has 0 saturated carbocycles. The van der Waals surface area contributed by atoms with Crippen molar-refractivity contribution >= 4 is 11.7 Å². The molecule has 4 heteroatoms. The van der Waals surface area contributed by atoms with Crippen molar-refractivity contribution in [2.24, 2.45) is 0 Å². The summed E-state index contributed by atoms with van der Waals surface area (Å²) in [5.74, 6) is -1.09. The van der Waals surface area contributed by atoms with Crippen LogP contribution >= 0.6 is 0 Å². The van der Waals surface area contributed by atoms with Gasteiger partial charge < -0.3 is 10.3 Å². The minimum atomic E-state index is -0.562. The standard InChI is InChI=1S/C16H18N2O2/c1-12(9-10-13-6-3-2-4-7-13)18-16(20)15(19)14-8-5-11-17-14/h2-8,11-12,17H,9-10H2,1H3,(H,18,20). The molecule has 0 bridgehead atoms. The fraction of sp³-hybridized carbons (Fsp3) is 0.250.